The maximum absolute atomic E-state index is 2.76. The number of hydrogen-bond donors (Lipinski definition) is 0. The summed E-state index contributed by atoms with van der Waals surface area (Å²) in [6.45, 7) is 16.3. The van der Waals surface area contributed by atoms with Gasteiger partial charge in [0.05, 0.1) is 0 Å². The Balaban J connectivity index is 4.39. The average Bonchev–Trinajstić information content (AvgIpc) is 1.81. The molecule has 2 heteroatoms. The summed E-state index contributed by atoms with van der Waals surface area (Å²) in [5.74, 6) is 0. The summed E-state index contributed by atoms with van der Waals surface area (Å²) in [5, 5.41) is 0. The molecular formula is C11H25NSn. The van der Waals surface area contributed by atoms with Gasteiger partial charge in [-0.25, -0.2) is 0 Å². The molecular weight excluding hydrogens is 265 g/mol. The molecule has 0 bridgehead atoms. The van der Waals surface area contributed by atoms with E-state index in [0.717, 1.165) is 0 Å². The molecule has 0 N–H and O–H groups in total. The number of nitrogens with zero attached hydrogens (tertiary/aromatic N) is 1. The van der Waals surface area contributed by atoms with Crippen molar-refractivity contribution >= 4 is 21.4 Å². The van der Waals surface area contributed by atoms with Crippen LogP contribution in [0.15, 0.2) is 0 Å². The van der Waals surface area contributed by atoms with Crippen molar-refractivity contribution < 1.29 is 0 Å². The van der Waals surface area contributed by atoms with Gasteiger partial charge < -0.3 is 0 Å². The molecule has 0 unspecified atom stereocenters. The third kappa shape index (κ3) is 5.26. The van der Waals surface area contributed by atoms with Gasteiger partial charge in [-0.2, -0.15) is 0 Å². The van der Waals surface area contributed by atoms with Crippen molar-refractivity contribution in [2.24, 2.45) is 0 Å². The van der Waals surface area contributed by atoms with Crippen LogP contribution in [0.4, 0.5) is 0 Å². The minimum absolute atomic E-state index is 0.332. The van der Waals surface area contributed by atoms with E-state index in [2.05, 4.69) is 51.6 Å². The van der Waals surface area contributed by atoms with E-state index in [9.17, 15) is 0 Å². The quantitative estimate of drug-likeness (QED) is 0.721. The summed E-state index contributed by atoms with van der Waals surface area (Å²) < 4.78 is 4.23. The molecule has 13 heavy (non-hydrogen) atoms. The first-order valence-corrected chi connectivity index (χ1v) is 8.53. The van der Waals surface area contributed by atoms with E-state index in [0.29, 0.717) is 11.1 Å². The predicted octanol–water partition coefficient (Wildman–Crippen LogP) is 3.33. The van der Waals surface area contributed by atoms with Crippen LogP contribution in [0.1, 0.15) is 54.9 Å². The van der Waals surface area contributed by atoms with E-state index >= 15 is 0 Å². The molecule has 0 aromatic rings. The zero-order valence-electron chi connectivity index (χ0n) is 10.4. The average molecular weight is 290 g/mol. The summed E-state index contributed by atoms with van der Waals surface area (Å²) >= 11 is -0.332. The Labute approximate surface area is 94.8 Å². The van der Waals surface area contributed by atoms with Gasteiger partial charge in [0.1, 0.15) is 0 Å². The van der Waals surface area contributed by atoms with E-state index in [4.69, 9.17) is 0 Å². The normalized spacial score (nSPS) is 13.8. The predicted molar refractivity (Wildman–Crippen MR) is 62.2 cm³/mol. The van der Waals surface area contributed by atoms with Crippen molar-refractivity contribution in [2.75, 3.05) is 0 Å². The zero-order valence-corrected chi connectivity index (χ0v) is 13.2. The van der Waals surface area contributed by atoms with Gasteiger partial charge in [0, 0.05) is 0 Å². The monoisotopic (exact) mass is 291 g/mol. The van der Waals surface area contributed by atoms with Crippen molar-refractivity contribution in [1.29, 1.82) is 0 Å². The fourth-order valence-electron chi connectivity index (χ4n) is 1.70. The Morgan fingerprint density at radius 2 is 1.31 bits per heavy atom. The molecule has 0 saturated heterocycles. The van der Waals surface area contributed by atoms with Crippen molar-refractivity contribution in [3.63, 3.8) is 0 Å². The van der Waals surface area contributed by atoms with Crippen molar-refractivity contribution in [3.8, 4) is 0 Å². The topological polar surface area (TPSA) is 3.24 Å². The van der Waals surface area contributed by atoms with Gasteiger partial charge >= 0.3 is 94.9 Å². The Kier molecular flexibility index (Phi) is 5.31. The zero-order chi connectivity index (χ0) is 10.7. The standard InChI is InChI=1S/C8H18N.C3H7.Sn/c1-7(2,3)9-8(4,5)6;1-3-2;/h1-6H3;1,3H2,2H3;/q-1;;+1. The summed E-state index contributed by atoms with van der Waals surface area (Å²) in [6.07, 6.45) is 1.36. The minimum atomic E-state index is -0.332. The molecule has 0 aromatic heterocycles. The molecule has 0 aliphatic heterocycles. The molecule has 0 aliphatic carbocycles. The SMILES string of the molecule is CC[CH2][Sn][N](C(C)(C)C)C(C)(C)C. The van der Waals surface area contributed by atoms with Crippen LogP contribution in [0.3, 0.4) is 0 Å². The van der Waals surface area contributed by atoms with Gasteiger partial charge in [0.15, 0.2) is 0 Å². The van der Waals surface area contributed by atoms with Crippen LogP contribution >= 0.6 is 0 Å². The first-order chi connectivity index (χ1) is 5.69. The van der Waals surface area contributed by atoms with Gasteiger partial charge in [-0.05, 0) is 0 Å². The molecule has 0 heterocycles. The third-order valence-electron chi connectivity index (χ3n) is 1.86. The Bertz CT molecular complexity index is 127. The van der Waals surface area contributed by atoms with Crippen LogP contribution < -0.4 is 0 Å². The van der Waals surface area contributed by atoms with Crippen molar-refractivity contribution in [2.45, 2.75) is 70.4 Å². The van der Waals surface area contributed by atoms with Gasteiger partial charge in [-0.3, -0.25) is 0 Å². The van der Waals surface area contributed by atoms with Gasteiger partial charge in [0.2, 0.25) is 0 Å². The van der Waals surface area contributed by atoms with E-state index in [1.807, 2.05) is 0 Å². The fraction of sp³-hybridized carbons (Fsp3) is 1.00. The van der Waals surface area contributed by atoms with Gasteiger partial charge in [-0.15, -0.1) is 0 Å². The molecule has 0 aliphatic rings. The number of rotatable bonds is 3. The summed E-state index contributed by atoms with van der Waals surface area (Å²) in [5.41, 5.74) is 0.721. The fourth-order valence-corrected chi connectivity index (χ4v) is 5.69. The Hall–Kier alpha value is 0.759. The van der Waals surface area contributed by atoms with Gasteiger partial charge in [0.25, 0.3) is 0 Å². The Morgan fingerprint density at radius 3 is 1.54 bits per heavy atom. The molecule has 78 valence electrons. The van der Waals surface area contributed by atoms with E-state index in [1.165, 1.54) is 10.9 Å². The summed E-state index contributed by atoms with van der Waals surface area (Å²) in [6, 6.07) is 0. The number of hydrogen-bond acceptors (Lipinski definition) is 1. The van der Waals surface area contributed by atoms with E-state index in [1.54, 1.807) is 0 Å². The van der Waals surface area contributed by atoms with Gasteiger partial charge in [-0.1, -0.05) is 0 Å². The van der Waals surface area contributed by atoms with Crippen LogP contribution in [0.25, 0.3) is 0 Å². The van der Waals surface area contributed by atoms with Crippen LogP contribution in [-0.4, -0.2) is 35.6 Å². The van der Waals surface area contributed by atoms with Crippen molar-refractivity contribution in [3.05, 3.63) is 0 Å². The molecule has 0 aromatic carbocycles. The molecule has 1 nitrogen and oxygen atoms in total. The Morgan fingerprint density at radius 1 is 0.923 bits per heavy atom. The van der Waals surface area contributed by atoms with Crippen LogP contribution in [-0.2, 0) is 0 Å². The molecule has 0 amide bonds. The summed E-state index contributed by atoms with van der Waals surface area (Å²) in [7, 11) is 0. The second kappa shape index (κ2) is 5.01. The van der Waals surface area contributed by atoms with Crippen LogP contribution in [0, 0.1) is 0 Å². The molecule has 0 spiro atoms. The van der Waals surface area contributed by atoms with E-state index in [-0.39, 0.29) is 21.4 Å². The molecule has 0 saturated carbocycles. The first kappa shape index (κ1) is 13.8. The maximum atomic E-state index is 2.76. The second-order valence-corrected chi connectivity index (χ2v) is 9.19. The third-order valence-corrected chi connectivity index (χ3v) is 8.66. The molecule has 0 atom stereocenters. The first-order valence-electron chi connectivity index (χ1n) is 5.23. The molecule has 2 radical (unpaired) electrons. The molecule has 0 rings (SSSR count). The molecule has 0 fully saturated rings. The van der Waals surface area contributed by atoms with Crippen LogP contribution in [0.5, 0.6) is 0 Å². The summed E-state index contributed by atoms with van der Waals surface area (Å²) in [4.78, 5) is 0. The second-order valence-electron chi connectivity index (χ2n) is 5.59. The van der Waals surface area contributed by atoms with E-state index < -0.39 is 0 Å². The van der Waals surface area contributed by atoms with Crippen LogP contribution in [0.2, 0.25) is 4.44 Å². The van der Waals surface area contributed by atoms with Crippen molar-refractivity contribution in [1.82, 2.24) is 3.12 Å².